The molecule has 0 unspecified atom stereocenters. The van der Waals surface area contributed by atoms with Gasteiger partial charge in [-0.2, -0.15) is 0 Å². The number of sulfone groups is 1. The minimum Gasteiger partial charge on any atom is -0.322 e. The molecule has 1 heterocycles. The van der Waals surface area contributed by atoms with Gasteiger partial charge in [-0.15, -0.1) is 0 Å². The van der Waals surface area contributed by atoms with E-state index in [-0.39, 0.29) is 10.5 Å². The molecule has 0 saturated carbocycles. The number of nitrogens with zero attached hydrogens (tertiary/aromatic N) is 2. The van der Waals surface area contributed by atoms with E-state index < -0.39 is 15.7 Å². The van der Waals surface area contributed by atoms with Gasteiger partial charge >= 0.3 is 0 Å². The Morgan fingerprint density at radius 2 is 1.67 bits per heavy atom. The molecule has 4 rings (SSSR count). The van der Waals surface area contributed by atoms with Crippen LogP contribution < -0.4 is 5.32 Å². The van der Waals surface area contributed by atoms with Crippen LogP contribution in [-0.4, -0.2) is 30.5 Å². The van der Waals surface area contributed by atoms with Gasteiger partial charge in [0.15, 0.2) is 9.84 Å². The van der Waals surface area contributed by atoms with Gasteiger partial charge in [-0.3, -0.25) is 9.78 Å². The smallest absolute Gasteiger partial charge is 0.256 e. The summed E-state index contributed by atoms with van der Waals surface area (Å²) in [7, 11) is -3.55. The van der Waals surface area contributed by atoms with E-state index in [2.05, 4.69) is 15.3 Å². The lowest BCUT2D eigenvalue weighted by molar-refractivity contribution is 0.102. The van der Waals surface area contributed by atoms with Crippen molar-refractivity contribution >= 4 is 44.1 Å². The van der Waals surface area contributed by atoms with Crippen molar-refractivity contribution in [1.29, 1.82) is 0 Å². The second kappa shape index (κ2) is 7.85. The summed E-state index contributed by atoms with van der Waals surface area (Å²) < 4.78 is 24.0. The molecule has 1 N–H and O–H groups in total. The van der Waals surface area contributed by atoms with Crippen molar-refractivity contribution < 1.29 is 13.2 Å². The van der Waals surface area contributed by atoms with Crippen molar-refractivity contribution in [2.24, 2.45) is 0 Å². The lowest BCUT2D eigenvalue weighted by Gasteiger charge is -2.11. The number of fused-ring (bicyclic) bond motifs is 1. The van der Waals surface area contributed by atoms with Crippen molar-refractivity contribution in [2.45, 2.75) is 4.90 Å². The van der Waals surface area contributed by atoms with Crippen LogP contribution in [-0.2, 0) is 9.84 Å². The molecule has 150 valence electrons. The van der Waals surface area contributed by atoms with Crippen LogP contribution >= 0.6 is 11.6 Å². The third kappa shape index (κ3) is 4.03. The fraction of sp³-hybridized carbons (Fsp3) is 0.0455. The number of carbonyl (C=O) groups is 1. The van der Waals surface area contributed by atoms with Crippen LogP contribution in [0.25, 0.3) is 22.3 Å². The summed E-state index contributed by atoms with van der Waals surface area (Å²) in [5.41, 5.74) is 3.18. The van der Waals surface area contributed by atoms with E-state index in [0.717, 1.165) is 17.3 Å². The third-order valence-corrected chi connectivity index (χ3v) is 5.96. The summed E-state index contributed by atoms with van der Waals surface area (Å²) in [5, 5.41) is 3.19. The van der Waals surface area contributed by atoms with Crippen molar-refractivity contribution in [1.82, 2.24) is 9.97 Å². The molecule has 0 spiro atoms. The lowest BCUT2D eigenvalue weighted by Crippen LogP contribution is -2.16. The number of rotatable bonds is 4. The van der Waals surface area contributed by atoms with Crippen LogP contribution in [0.5, 0.6) is 0 Å². The average molecular weight is 438 g/mol. The van der Waals surface area contributed by atoms with Crippen molar-refractivity contribution in [3.05, 3.63) is 83.5 Å². The monoisotopic (exact) mass is 437 g/mol. The molecule has 3 aromatic carbocycles. The number of halogens is 1. The Hall–Kier alpha value is -3.29. The number of para-hydroxylation sites is 2. The maximum Gasteiger partial charge on any atom is 0.256 e. The molecule has 8 heteroatoms. The molecule has 4 aromatic rings. The fourth-order valence-corrected chi connectivity index (χ4v) is 4.16. The standard InChI is InChI=1S/C22H16ClN3O3S/c1-30(28,29)21-9-5-2-6-15(21)22(27)25-14-10-11-17(23)16(12-14)20-13-24-18-7-3-4-8-19(18)26-20/h2-13H,1H3,(H,25,27). The summed E-state index contributed by atoms with van der Waals surface area (Å²) in [6.07, 6.45) is 2.69. The summed E-state index contributed by atoms with van der Waals surface area (Å²) in [6.45, 7) is 0. The number of anilines is 1. The summed E-state index contributed by atoms with van der Waals surface area (Å²) in [4.78, 5) is 21.7. The average Bonchev–Trinajstić information content (AvgIpc) is 2.74. The number of nitrogens with one attached hydrogen (secondary N) is 1. The zero-order valence-electron chi connectivity index (χ0n) is 15.8. The van der Waals surface area contributed by atoms with Gasteiger partial charge < -0.3 is 5.32 Å². The van der Waals surface area contributed by atoms with Gasteiger partial charge in [0.1, 0.15) is 0 Å². The normalized spacial score (nSPS) is 11.4. The number of benzene rings is 3. The number of hydrogen-bond acceptors (Lipinski definition) is 5. The Morgan fingerprint density at radius 3 is 2.43 bits per heavy atom. The molecule has 30 heavy (non-hydrogen) atoms. The van der Waals surface area contributed by atoms with Crippen LogP contribution in [0.4, 0.5) is 5.69 Å². The van der Waals surface area contributed by atoms with Gasteiger partial charge in [0.2, 0.25) is 0 Å². The van der Waals surface area contributed by atoms with Crippen LogP contribution in [0.3, 0.4) is 0 Å². The molecule has 0 bridgehead atoms. The summed E-state index contributed by atoms with van der Waals surface area (Å²) in [6, 6.07) is 18.5. The van der Waals surface area contributed by atoms with Gasteiger partial charge in [-0.1, -0.05) is 35.9 Å². The van der Waals surface area contributed by atoms with E-state index >= 15 is 0 Å². The van der Waals surface area contributed by atoms with Crippen LogP contribution in [0.15, 0.2) is 77.8 Å². The van der Waals surface area contributed by atoms with Gasteiger partial charge in [-0.25, -0.2) is 13.4 Å². The Balaban J connectivity index is 1.70. The molecule has 0 aliphatic rings. The van der Waals surface area contributed by atoms with Crippen LogP contribution in [0.1, 0.15) is 10.4 Å². The first-order chi connectivity index (χ1) is 14.3. The lowest BCUT2D eigenvalue weighted by atomic mass is 10.1. The quantitative estimate of drug-likeness (QED) is 0.503. The Labute approximate surface area is 178 Å². The van der Waals surface area contributed by atoms with Crippen molar-refractivity contribution in [3.8, 4) is 11.3 Å². The molecule has 1 aromatic heterocycles. The minimum absolute atomic E-state index is 0.0305. The van der Waals surface area contributed by atoms with Gasteiger partial charge in [0.05, 0.1) is 38.4 Å². The number of aromatic nitrogens is 2. The molecule has 0 atom stereocenters. The van der Waals surface area contributed by atoms with Crippen LogP contribution in [0.2, 0.25) is 5.02 Å². The zero-order valence-corrected chi connectivity index (χ0v) is 17.4. The highest BCUT2D eigenvalue weighted by atomic mass is 35.5. The fourth-order valence-electron chi connectivity index (χ4n) is 3.06. The summed E-state index contributed by atoms with van der Waals surface area (Å²) in [5.74, 6) is -0.533. The number of hydrogen-bond donors (Lipinski definition) is 1. The first-order valence-corrected chi connectivity index (χ1v) is 11.2. The molecule has 0 saturated heterocycles. The van der Waals surface area contributed by atoms with E-state index in [1.165, 1.54) is 12.1 Å². The van der Waals surface area contributed by atoms with E-state index in [4.69, 9.17) is 11.6 Å². The Bertz CT molecular complexity index is 1390. The zero-order chi connectivity index (χ0) is 21.3. The molecule has 1 amide bonds. The Morgan fingerprint density at radius 1 is 0.967 bits per heavy atom. The number of amides is 1. The van der Waals surface area contributed by atoms with Gasteiger partial charge in [0, 0.05) is 17.5 Å². The predicted octanol–water partition coefficient (Wildman–Crippen LogP) is 4.61. The van der Waals surface area contributed by atoms with Gasteiger partial charge in [0.25, 0.3) is 5.91 Å². The highest BCUT2D eigenvalue weighted by Gasteiger charge is 2.18. The maximum atomic E-state index is 12.8. The maximum absolute atomic E-state index is 12.8. The minimum atomic E-state index is -3.55. The molecule has 0 radical (unpaired) electrons. The molecule has 0 aliphatic heterocycles. The highest BCUT2D eigenvalue weighted by molar-refractivity contribution is 7.90. The molecule has 0 aliphatic carbocycles. The van der Waals surface area contributed by atoms with E-state index in [0.29, 0.717) is 22.0 Å². The first kappa shape index (κ1) is 20.0. The first-order valence-electron chi connectivity index (χ1n) is 8.95. The Kier molecular flexibility index (Phi) is 5.24. The largest absolute Gasteiger partial charge is 0.322 e. The summed E-state index contributed by atoms with van der Waals surface area (Å²) >= 11 is 6.36. The van der Waals surface area contributed by atoms with Crippen molar-refractivity contribution in [2.75, 3.05) is 11.6 Å². The number of carbonyl (C=O) groups excluding carboxylic acids is 1. The molecule has 0 fully saturated rings. The van der Waals surface area contributed by atoms with Gasteiger partial charge in [-0.05, 0) is 42.5 Å². The third-order valence-electron chi connectivity index (χ3n) is 4.48. The molecular formula is C22H16ClN3O3S. The van der Waals surface area contributed by atoms with E-state index in [9.17, 15) is 13.2 Å². The van der Waals surface area contributed by atoms with E-state index in [1.54, 1.807) is 36.5 Å². The second-order valence-corrected chi connectivity index (χ2v) is 9.05. The topological polar surface area (TPSA) is 89.0 Å². The molecule has 6 nitrogen and oxygen atoms in total. The second-order valence-electron chi connectivity index (χ2n) is 6.66. The van der Waals surface area contributed by atoms with Crippen LogP contribution in [0, 0.1) is 0 Å². The molecular weight excluding hydrogens is 422 g/mol. The van der Waals surface area contributed by atoms with Crippen molar-refractivity contribution in [3.63, 3.8) is 0 Å². The highest BCUT2D eigenvalue weighted by Crippen LogP contribution is 2.30. The SMILES string of the molecule is CS(=O)(=O)c1ccccc1C(=O)Nc1ccc(Cl)c(-c2cnc3ccccc3n2)c1. The van der Waals surface area contributed by atoms with E-state index in [1.807, 2.05) is 24.3 Å². The predicted molar refractivity (Wildman–Crippen MR) is 117 cm³/mol.